The summed E-state index contributed by atoms with van der Waals surface area (Å²) in [5, 5.41) is 1.05. The third-order valence-corrected chi connectivity index (χ3v) is 4.02. The van der Waals surface area contributed by atoms with Crippen LogP contribution in [0, 0.1) is 13.8 Å². The van der Waals surface area contributed by atoms with Crippen LogP contribution in [0.25, 0.3) is 10.9 Å². The summed E-state index contributed by atoms with van der Waals surface area (Å²) in [6, 6.07) is 14.7. The monoisotopic (exact) mass is 277 g/mol. The summed E-state index contributed by atoms with van der Waals surface area (Å²) >= 11 is 0. The molecule has 2 aromatic carbocycles. The predicted octanol–water partition coefficient (Wildman–Crippen LogP) is 4.51. The van der Waals surface area contributed by atoms with E-state index in [0.29, 0.717) is 0 Å². The van der Waals surface area contributed by atoms with Gasteiger partial charge < -0.3 is 4.57 Å². The fourth-order valence-corrected chi connectivity index (χ4v) is 2.79. The normalized spacial score (nSPS) is 11.0. The van der Waals surface area contributed by atoms with Gasteiger partial charge in [-0.05, 0) is 44.0 Å². The van der Waals surface area contributed by atoms with E-state index in [2.05, 4.69) is 60.9 Å². The molecule has 0 amide bonds. The predicted molar refractivity (Wildman–Crippen MR) is 87.0 cm³/mol. The molecule has 1 aromatic heterocycles. The van der Waals surface area contributed by atoms with Crippen LogP contribution in [-0.4, -0.2) is 10.4 Å². The molecule has 0 aliphatic heterocycles. The molecule has 106 valence electrons. The molecule has 0 radical (unpaired) electrons. The van der Waals surface area contributed by atoms with Gasteiger partial charge in [0.2, 0.25) is 0 Å². The first kappa shape index (κ1) is 13.6. The van der Waals surface area contributed by atoms with Crippen molar-refractivity contribution in [2.75, 3.05) is 0 Å². The summed E-state index contributed by atoms with van der Waals surface area (Å²) in [4.78, 5) is 11.9. The minimum Gasteiger partial charge on any atom is -0.342 e. The fraction of sp³-hybridized carbons (Fsp3) is 0.211. The first-order valence-electron chi connectivity index (χ1n) is 7.21. The van der Waals surface area contributed by atoms with Gasteiger partial charge in [-0.2, -0.15) is 0 Å². The smallest absolute Gasteiger partial charge is 0.161 e. The van der Waals surface area contributed by atoms with Crippen molar-refractivity contribution in [2.24, 2.45) is 0 Å². The van der Waals surface area contributed by atoms with Gasteiger partial charge in [0.05, 0.1) is 0 Å². The molecule has 21 heavy (non-hydrogen) atoms. The number of carbonyl (C=O) groups excluding carboxylic acids is 1. The molecule has 0 N–H and O–H groups in total. The van der Waals surface area contributed by atoms with Gasteiger partial charge >= 0.3 is 0 Å². The minimum absolute atomic E-state index is 0.120. The average Bonchev–Trinajstić information content (AvgIpc) is 2.79. The van der Waals surface area contributed by atoms with Crippen molar-refractivity contribution in [2.45, 2.75) is 27.3 Å². The van der Waals surface area contributed by atoms with Crippen LogP contribution in [0.2, 0.25) is 0 Å². The first-order chi connectivity index (χ1) is 10.1. The third-order valence-electron chi connectivity index (χ3n) is 4.02. The Morgan fingerprint density at radius 2 is 1.86 bits per heavy atom. The first-order valence-corrected chi connectivity index (χ1v) is 7.21. The lowest BCUT2D eigenvalue weighted by Gasteiger charge is -2.08. The molecule has 3 rings (SSSR count). The van der Waals surface area contributed by atoms with E-state index in [1.807, 2.05) is 6.20 Å². The molecule has 0 atom stereocenters. The molecule has 0 fully saturated rings. The van der Waals surface area contributed by atoms with Crippen LogP contribution < -0.4 is 0 Å². The van der Waals surface area contributed by atoms with Gasteiger partial charge in [-0.15, -0.1) is 0 Å². The van der Waals surface area contributed by atoms with Crippen molar-refractivity contribution < 1.29 is 4.79 Å². The highest BCUT2D eigenvalue weighted by molar-refractivity contribution is 6.07. The van der Waals surface area contributed by atoms with Crippen molar-refractivity contribution in [3.63, 3.8) is 0 Å². The van der Waals surface area contributed by atoms with Gasteiger partial charge in [0.15, 0.2) is 5.78 Å². The number of ketones is 1. The Hall–Kier alpha value is -2.35. The highest BCUT2D eigenvalue weighted by Crippen LogP contribution is 2.24. The Labute approximate surface area is 125 Å². The molecule has 1 heterocycles. The van der Waals surface area contributed by atoms with Gasteiger partial charge in [-0.1, -0.05) is 35.9 Å². The molecule has 3 aromatic rings. The fourth-order valence-electron chi connectivity index (χ4n) is 2.79. The standard InChI is InChI=1S/C19H19NO/c1-13-8-9-19-17(10-13)18(15(3)21)12-20(19)11-16-7-5-4-6-14(16)2/h4-10,12H,11H2,1-3H3. The zero-order valence-corrected chi connectivity index (χ0v) is 12.7. The number of benzene rings is 2. The molecule has 0 saturated heterocycles. The van der Waals surface area contributed by atoms with E-state index in [1.54, 1.807) is 6.92 Å². The summed E-state index contributed by atoms with van der Waals surface area (Å²) in [5.41, 5.74) is 5.66. The number of fused-ring (bicyclic) bond motifs is 1. The topological polar surface area (TPSA) is 22.0 Å². The highest BCUT2D eigenvalue weighted by atomic mass is 16.1. The summed E-state index contributed by atoms with van der Waals surface area (Å²) in [7, 11) is 0. The lowest BCUT2D eigenvalue weighted by molar-refractivity contribution is 0.101. The second kappa shape index (κ2) is 5.21. The molecule has 2 nitrogen and oxygen atoms in total. The number of rotatable bonds is 3. The molecule has 0 unspecified atom stereocenters. The van der Waals surface area contributed by atoms with Crippen molar-refractivity contribution in [3.8, 4) is 0 Å². The van der Waals surface area contributed by atoms with Gasteiger partial charge in [0.25, 0.3) is 0 Å². The van der Waals surface area contributed by atoms with Gasteiger partial charge in [-0.25, -0.2) is 0 Å². The molecule has 0 bridgehead atoms. The molecule has 0 spiro atoms. The Kier molecular flexibility index (Phi) is 3.38. The summed E-state index contributed by atoms with van der Waals surface area (Å²) < 4.78 is 2.17. The summed E-state index contributed by atoms with van der Waals surface area (Å²) in [5.74, 6) is 0.120. The number of aromatic nitrogens is 1. The van der Waals surface area contributed by atoms with Crippen LogP contribution >= 0.6 is 0 Å². The van der Waals surface area contributed by atoms with Gasteiger partial charge in [-0.3, -0.25) is 4.79 Å². The van der Waals surface area contributed by atoms with Crippen LogP contribution in [0.4, 0.5) is 0 Å². The Morgan fingerprint density at radius 1 is 1.10 bits per heavy atom. The van der Waals surface area contributed by atoms with E-state index < -0.39 is 0 Å². The number of Topliss-reactive ketones (excluding diaryl/α,β-unsaturated/α-hetero) is 1. The Bertz CT molecular complexity index is 827. The maximum atomic E-state index is 11.9. The van der Waals surface area contributed by atoms with E-state index in [4.69, 9.17) is 0 Å². The maximum absolute atomic E-state index is 11.9. The van der Waals surface area contributed by atoms with Crippen molar-refractivity contribution >= 4 is 16.7 Å². The van der Waals surface area contributed by atoms with Gasteiger partial charge in [0, 0.05) is 29.2 Å². The second-order valence-corrected chi connectivity index (χ2v) is 5.67. The molecular weight excluding hydrogens is 258 g/mol. The Morgan fingerprint density at radius 3 is 2.57 bits per heavy atom. The Balaban J connectivity index is 2.15. The third kappa shape index (κ3) is 2.49. The lowest BCUT2D eigenvalue weighted by atomic mass is 10.1. The summed E-state index contributed by atoms with van der Waals surface area (Å²) in [6.07, 6.45) is 1.98. The zero-order valence-electron chi connectivity index (χ0n) is 12.7. The van der Waals surface area contributed by atoms with E-state index in [1.165, 1.54) is 16.7 Å². The van der Waals surface area contributed by atoms with Crippen LogP contribution in [0.5, 0.6) is 0 Å². The van der Waals surface area contributed by atoms with E-state index >= 15 is 0 Å². The van der Waals surface area contributed by atoms with Crippen LogP contribution in [-0.2, 0) is 6.54 Å². The number of carbonyl (C=O) groups is 1. The molecule has 0 saturated carbocycles. The summed E-state index contributed by atoms with van der Waals surface area (Å²) in [6.45, 7) is 6.60. The number of aryl methyl sites for hydroxylation is 2. The van der Waals surface area contributed by atoms with E-state index in [0.717, 1.165) is 23.0 Å². The number of hydrogen-bond acceptors (Lipinski definition) is 1. The van der Waals surface area contributed by atoms with Crippen LogP contribution in [0.1, 0.15) is 34.0 Å². The molecule has 0 aliphatic rings. The van der Waals surface area contributed by atoms with Crippen molar-refractivity contribution in [1.82, 2.24) is 4.57 Å². The molecule has 0 aliphatic carbocycles. The van der Waals surface area contributed by atoms with E-state index in [-0.39, 0.29) is 5.78 Å². The second-order valence-electron chi connectivity index (χ2n) is 5.67. The maximum Gasteiger partial charge on any atom is 0.161 e. The molecule has 2 heteroatoms. The van der Waals surface area contributed by atoms with Crippen LogP contribution in [0.3, 0.4) is 0 Å². The number of nitrogens with zero attached hydrogens (tertiary/aromatic N) is 1. The highest BCUT2D eigenvalue weighted by Gasteiger charge is 2.12. The van der Waals surface area contributed by atoms with Crippen molar-refractivity contribution in [1.29, 1.82) is 0 Å². The van der Waals surface area contributed by atoms with Gasteiger partial charge in [0.1, 0.15) is 0 Å². The molecular formula is C19H19NO. The lowest BCUT2D eigenvalue weighted by Crippen LogP contribution is -2.00. The van der Waals surface area contributed by atoms with Crippen LogP contribution in [0.15, 0.2) is 48.7 Å². The van der Waals surface area contributed by atoms with E-state index in [9.17, 15) is 4.79 Å². The van der Waals surface area contributed by atoms with Crippen molar-refractivity contribution in [3.05, 3.63) is 70.9 Å². The quantitative estimate of drug-likeness (QED) is 0.646. The minimum atomic E-state index is 0.120. The average molecular weight is 277 g/mol. The largest absolute Gasteiger partial charge is 0.342 e. The SMILES string of the molecule is CC(=O)c1cn(Cc2ccccc2C)c2ccc(C)cc12. The zero-order chi connectivity index (χ0) is 15.0. The number of hydrogen-bond donors (Lipinski definition) is 0.